The van der Waals surface area contributed by atoms with Crippen LogP contribution in [0.15, 0.2) is 23.5 Å². The van der Waals surface area contributed by atoms with Gasteiger partial charge in [-0.1, -0.05) is 0 Å². The van der Waals surface area contributed by atoms with Gasteiger partial charge in [0.15, 0.2) is 5.69 Å². The molecule has 0 radical (unpaired) electrons. The van der Waals surface area contributed by atoms with Crippen LogP contribution < -0.4 is 4.72 Å². The number of nitrogens with one attached hydrogen (secondary N) is 1. The van der Waals surface area contributed by atoms with Gasteiger partial charge in [0.05, 0.1) is 6.20 Å². The third-order valence-electron chi connectivity index (χ3n) is 3.93. The first kappa shape index (κ1) is 17.0. The Morgan fingerprint density at radius 2 is 2.12 bits per heavy atom. The minimum atomic E-state index is -4.47. The molecule has 0 unspecified atom stereocenters. The number of alkyl halides is 3. The minimum Gasteiger partial charge on any atom is -0.334 e. The van der Waals surface area contributed by atoms with Gasteiger partial charge >= 0.3 is 6.18 Å². The van der Waals surface area contributed by atoms with Crippen molar-refractivity contribution in [2.45, 2.75) is 30.5 Å². The van der Waals surface area contributed by atoms with Crippen molar-refractivity contribution in [2.24, 2.45) is 13.0 Å². The molecule has 2 aromatic rings. The molecule has 1 aliphatic heterocycles. The number of halogens is 3. The third kappa shape index (κ3) is 3.46. The van der Waals surface area contributed by atoms with Crippen LogP contribution in [0.5, 0.6) is 0 Å². The summed E-state index contributed by atoms with van der Waals surface area (Å²) in [7, 11) is -2.06. The second-order valence-corrected chi connectivity index (χ2v) is 7.57. The topological polar surface area (TPSA) is 81.8 Å². The maximum atomic E-state index is 12.7. The molecule has 0 saturated carbocycles. The zero-order chi connectivity index (χ0) is 17.5. The van der Waals surface area contributed by atoms with E-state index in [9.17, 15) is 21.6 Å². The maximum Gasteiger partial charge on any atom is 0.434 e. The molecule has 3 rings (SSSR count). The largest absolute Gasteiger partial charge is 0.434 e. The molecule has 0 saturated heterocycles. The highest BCUT2D eigenvalue weighted by Gasteiger charge is 2.35. The number of aromatic nitrogens is 4. The van der Waals surface area contributed by atoms with Crippen molar-refractivity contribution in [2.75, 3.05) is 6.54 Å². The van der Waals surface area contributed by atoms with Crippen LogP contribution in [0.25, 0.3) is 0 Å². The summed E-state index contributed by atoms with van der Waals surface area (Å²) in [5.41, 5.74) is -0.908. The second kappa shape index (κ2) is 5.88. The Kier molecular flexibility index (Phi) is 4.16. The van der Waals surface area contributed by atoms with E-state index in [-0.39, 0.29) is 17.4 Å². The summed E-state index contributed by atoms with van der Waals surface area (Å²) in [4.78, 5) is 3.66. The van der Waals surface area contributed by atoms with Crippen LogP contribution in [0.2, 0.25) is 0 Å². The molecule has 1 aliphatic rings. The van der Waals surface area contributed by atoms with E-state index in [2.05, 4.69) is 14.8 Å². The van der Waals surface area contributed by atoms with E-state index < -0.39 is 21.9 Å². The summed E-state index contributed by atoms with van der Waals surface area (Å²) in [6.45, 7) is 0.449. The van der Waals surface area contributed by atoms with Crippen molar-refractivity contribution < 1.29 is 21.6 Å². The van der Waals surface area contributed by atoms with Gasteiger partial charge in [-0.05, 0) is 12.3 Å². The number of nitrogens with zero attached hydrogens (tertiary/aromatic N) is 4. The Bertz CT molecular complexity index is 840. The van der Waals surface area contributed by atoms with Gasteiger partial charge in [-0.3, -0.25) is 4.68 Å². The fraction of sp³-hybridized carbons (Fsp3) is 0.538. The molecule has 2 aromatic heterocycles. The lowest BCUT2D eigenvalue weighted by molar-refractivity contribution is -0.141. The lowest BCUT2D eigenvalue weighted by Gasteiger charge is -2.23. The van der Waals surface area contributed by atoms with Crippen molar-refractivity contribution in [3.05, 3.63) is 30.1 Å². The molecule has 0 aliphatic carbocycles. The monoisotopic (exact) mass is 363 g/mol. The average molecular weight is 363 g/mol. The first-order chi connectivity index (χ1) is 11.1. The van der Waals surface area contributed by atoms with Gasteiger partial charge in [0, 0.05) is 39.0 Å². The van der Waals surface area contributed by atoms with Crippen LogP contribution in [-0.4, -0.2) is 34.3 Å². The molecule has 7 nitrogen and oxygen atoms in total. The SMILES string of the molecule is Cn1cc(S(=O)(=O)NC[C@@H]2CCc3nc(C(F)(F)F)cn3C2)cn1. The van der Waals surface area contributed by atoms with E-state index in [0.717, 1.165) is 6.20 Å². The van der Waals surface area contributed by atoms with Crippen LogP contribution in [0.3, 0.4) is 0 Å². The predicted molar refractivity (Wildman–Crippen MR) is 77.4 cm³/mol. The fourth-order valence-electron chi connectivity index (χ4n) is 2.67. The van der Waals surface area contributed by atoms with Crippen molar-refractivity contribution in [3.63, 3.8) is 0 Å². The molecule has 0 spiro atoms. The molecule has 132 valence electrons. The highest BCUT2D eigenvalue weighted by atomic mass is 32.2. The van der Waals surface area contributed by atoms with Crippen LogP contribution in [0.1, 0.15) is 17.9 Å². The zero-order valence-corrected chi connectivity index (χ0v) is 13.6. The van der Waals surface area contributed by atoms with Gasteiger partial charge < -0.3 is 4.57 Å². The third-order valence-corrected chi connectivity index (χ3v) is 5.31. The normalized spacial score (nSPS) is 18.6. The minimum absolute atomic E-state index is 0.0588. The molecule has 0 amide bonds. The van der Waals surface area contributed by atoms with Crippen molar-refractivity contribution in [3.8, 4) is 0 Å². The number of imidazole rings is 1. The molecular weight excluding hydrogens is 347 g/mol. The highest BCUT2D eigenvalue weighted by molar-refractivity contribution is 7.89. The lowest BCUT2D eigenvalue weighted by Crippen LogP contribution is -2.33. The summed E-state index contributed by atoms with van der Waals surface area (Å²) >= 11 is 0. The Labute approximate surface area is 136 Å². The zero-order valence-electron chi connectivity index (χ0n) is 12.8. The Morgan fingerprint density at radius 3 is 2.75 bits per heavy atom. The highest BCUT2D eigenvalue weighted by Crippen LogP contribution is 2.30. The van der Waals surface area contributed by atoms with Crippen LogP contribution >= 0.6 is 0 Å². The van der Waals surface area contributed by atoms with Crippen molar-refractivity contribution >= 4 is 10.0 Å². The van der Waals surface area contributed by atoms with E-state index in [1.807, 2.05) is 0 Å². The van der Waals surface area contributed by atoms with Crippen LogP contribution in [0, 0.1) is 5.92 Å². The predicted octanol–water partition coefficient (Wildman–Crippen LogP) is 1.18. The van der Waals surface area contributed by atoms with E-state index in [1.165, 1.54) is 21.6 Å². The van der Waals surface area contributed by atoms with Gasteiger partial charge in [0.2, 0.25) is 10.0 Å². The lowest BCUT2D eigenvalue weighted by atomic mass is 10.00. The van der Waals surface area contributed by atoms with E-state index >= 15 is 0 Å². The number of aryl methyl sites for hydroxylation is 2. The quantitative estimate of drug-likeness (QED) is 0.884. The number of hydrogen-bond acceptors (Lipinski definition) is 4. The molecule has 0 fully saturated rings. The number of rotatable bonds is 4. The van der Waals surface area contributed by atoms with Gasteiger partial charge in [-0.2, -0.15) is 18.3 Å². The average Bonchev–Trinajstić information content (AvgIpc) is 3.10. The number of hydrogen-bond donors (Lipinski definition) is 1. The van der Waals surface area contributed by atoms with Gasteiger partial charge in [-0.25, -0.2) is 18.1 Å². The molecular formula is C13H16F3N5O2S. The molecule has 1 atom stereocenters. The molecule has 0 bridgehead atoms. The second-order valence-electron chi connectivity index (χ2n) is 5.80. The van der Waals surface area contributed by atoms with Crippen molar-refractivity contribution in [1.82, 2.24) is 24.1 Å². The first-order valence-electron chi connectivity index (χ1n) is 7.27. The molecule has 24 heavy (non-hydrogen) atoms. The molecule has 11 heteroatoms. The van der Waals surface area contributed by atoms with Gasteiger partial charge in [0.25, 0.3) is 0 Å². The van der Waals surface area contributed by atoms with E-state index in [0.29, 0.717) is 25.2 Å². The maximum absolute atomic E-state index is 12.7. The summed E-state index contributed by atoms with van der Waals surface area (Å²) in [6, 6.07) is 0. The Morgan fingerprint density at radius 1 is 1.38 bits per heavy atom. The van der Waals surface area contributed by atoms with Gasteiger partial charge in [-0.15, -0.1) is 0 Å². The number of sulfonamides is 1. The van der Waals surface area contributed by atoms with Crippen LogP contribution in [0.4, 0.5) is 13.2 Å². The summed E-state index contributed by atoms with van der Waals surface area (Å²) in [6.07, 6.45) is 0.0949. The Balaban J connectivity index is 1.65. The summed E-state index contributed by atoms with van der Waals surface area (Å²) < 4.78 is 67.7. The Hall–Kier alpha value is -1.88. The summed E-state index contributed by atoms with van der Waals surface area (Å²) in [5, 5.41) is 3.81. The summed E-state index contributed by atoms with van der Waals surface area (Å²) in [5.74, 6) is 0.285. The smallest absolute Gasteiger partial charge is 0.334 e. The first-order valence-corrected chi connectivity index (χ1v) is 8.75. The molecule has 0 aromatic carbocycles. The van der Waals surface area contributed by atoms with E-state index in [4.69, 9.17) is 0 Å². The van der Waals surface area contributed by atoms with Crippen molar-refractivity contribution in [1.29, 1.82) is 0 Å². The number of fused-ring (bicyclic) bond motifs is 1. The fourth-order valence-corrected chi connectivity index (χ4v) is 3.77. The van der Waals surface area contributed by atoms with Crippen LogP contribution in [-0.2, 0) is 36.2 Å². The van der Waals surface area contributed by atoms with Gasteiger partial charge in [0.1, 0.15) is 10.7 Å². The molecule has 3 heterocycles. The standard InChI is InChI=1S/C13H16F3N5O2S/c1-20-7-10(5-17-20)24(22,23)18-4-9-2-3-12-19-11(13(14,15)16)8-21(12)6-9/h5,7-9,18H,2-4,6H2,1H3/t9-/m0/s1. The van der Waals surface area contributed by atoms with E-state index in [1.54, 1.807) is 7.05 Å². The molecule has 1 N–H and O–H groups in total.